The Morgan fingerprint density at radius 1 is 1.20 bits per heavy atom. The minimum atomic E-state index is -5.02. The van der Waals surface area contributed by atoms with Crippen molar-refractivity contribution < 1.29 is 36.5 Å². The van der Waals surface area contributed by atoms with E-state index in [1.54, 1.807) is 45.0 Å². The molecule has 194 valence electrons. The normalized spacial score (nSPS) is 19.7. The topological polar surface area (TPSA) is 76.8 Å². The predicted molar refractivity (Wildman–Crippen MR) is 116 cm³/mol. The first-order chi connectivity index (χ1) is 16.1. The Morgan fingerprint density at radius 3 is 2.37 bits per heavy atom. The molecular weight excluding hydrogens is 477 g/mol. The van der Waals surface area contributed by atoms with E-state index in [1.807, 2.05) is 0 Å². The maximum Gasteiger partial charge on any atom is 0.421 e. The van der Waals surface area contributed by atoms with Gasteiger partial charge in [-0.1, -0.05) is 12.1 Å². The highest BCUT2D eigenvalue weighted by atomic mass is 19.4. The first-order valence-electron chi connectivity index (χ1n) is 10.9. The molecule has 0 bridgehead atoms. The number of aliphatic hydroxyl groups excluding tert-OH is 1. The first kappa shape index (κ1) is 27.0. The average molecular weight is 505 g/mol. The Hall–Kier alpha value is -2.57. The van der Waals surface area contributed by atoms with Gasteiger partial charge in [0.05, 0.1) is 44.1 Å². The number of nitrogens with zero attached hydrogens (tertiary/aromatic N) is 3. The molecule has 2 atom stereocenters. The van der Waals surface area contributed by atoms with Gasteiger partial charge in [0.25, 0.3) is 11.5 Å². The van der Waals surface area contributed by atoms with Gasteiger partial charge in [-0.3, -0.25) is 9.69 Å². The Bertz CT molecular complexity index is 1080. The Labute approximate surface area is 199 Å². The van der Waals surface area contributed by atoms with E-state index in [0.717, 1.165) is 4.90 Å². The number of alkyl halides is 5. The first-order valence-corrected chi connectivity index (χ1v) is 10.9. The zero-order chi connectivity index (χ0) is 26.2. The van der Waals surface area contributed by atoms with Gasteiger partial charge in [-0.15, -0.1) is 0 Å². The minimum Gasteiger partial charge on any atom is -0.497 e. The molecule has 7 nitrogen and oxygen atoms in total. The number of aliphatic hydroxyl groups is 1. The second-order valence-electron chi connectivity index (χ2n) is 9.48. The molecule has 3 rings (SSSR count). The third-order valence-electron chi connectivity index (χ3n) is 5.38. The number of rotatable bonds is 7. The standard InChI is InChI=1S/C23H28F5N3O4/c1-21(2,3)35-19(32)12-30-13-22(24,25)10-18(30)17-9-16(23(26,27)28)20(33)31(29-17)11-14-5-7-15(34-4)8-6-14/h5-9,18-19,32H,10-13H2,1-4H3/t18-,19?/m1/s1. The zero-order valence-electron chi connectivity index (χ0n) is 19.8. The summed E-state index contributed by atoms with van der Waals surface area (Å²) in [7, 11) is 1.45. The second-order valence-corrected chi connectivity index (χ2v) is 9.48. The van der Waals surface area contributed by atoms with E-state index < -0.39 is 54.1 Å². The van der Waals surface area contributed by atoms with Gasteiger partial charge in [0, 0.05) is 6.42 Å². The van der Waals surface area contributed by atoms with E-state index in [4.69, 9.17) is 9.47 Å². The van der Waals surface area contributed by atoms with Crippen molar-refractivity contribution in [1.82, 2.24) is 14.7 Å². The van der Waals surface area contributed by atoms with Crippen LogP contribution < -0.4 is 10.3 Å². The van der Waals surface area contributed by atoms with E-state index in [2.05, 4.69) is 5.10 Å². The lowest BCUT2D eigenvalue weighted by Crippen LogP contribution is -2.39. The molecule has 1 aliphatic rings. The maximum absolute atomic E-state index is 14.4. The number of hydrogen-bond acceptors (Lipinski definition) is 6. The molecule has 1 saturated heterocycles. The summed E-state index contributed by atoms with van der Waals surface area (Å²) in [6.07, 6.45) is -7.30. The lowest BCUT2D eigenvalue weighted by Gasteiger charge is -2.30. The van der Waals surface area contributed by atoms with Crippen LogP contribution in [0.4, 0.5) is 22.0 Å². The molecule has 1 N–H and O–H groups in total. The molecule has 0 spiro atoms. The van der Waals surface area contributed by atoms with E-state index in [1.165, 1.54) is 7.11 Å². The van der Waals surface area contributed by atoms with E-state index in [-0.39, 0.29) is 18.8 Å². The summed E-state index contributed by atoms with van der Waals surface area (Å²) >= 11 is 0. The highest BCUT2D eigenvalue weighted by Gasteiger charge is 2.48. The van der Waals surface area contributed by atoms with Crippen molar-refractivity contribution in [2.24, 2.45) is 0 Å². The summed E-state index contributed by atoms with van der Waals surface area (Å²) in [5.74, 6) is -2.72. The number of β-amino-alcohol motifs (C(OH)–C–C–N with tert-alkyl or cyclic N) is 1. The Balaban J connectivity index is 2.00. The molecule has 0 amide bonds. The van der Waals surface area contributed by atoms with Crippen molar-refractivity contribution in [1.29, 1.82) is 0 Å². The number of ether oxygens (including phenoxy) is 2. The van der Waals surface area contributed by atoms with Crippen molar-refractivity contribution in [3.8, 4) is 5.75 Å². The summed E-state index contributed by atoms with van der Waals surface area (Å²) < 4.78 is 80.9. The van der Waals surface area contributed by atoms with Crippen LogP contribution in [-0.2, 0) is 17.5 Å². The molecule has 1 aromatic heterocycles. The van der Waals surface area contributed by atoms with Gasteiger partial charge in [-0.2, -0.15) is 18.3 Å². The largest absolute Gasteiger partial charge is 0.497 e. The Morgan fingerprint density at radius 2 is 1.83 bits per heavy atom. The predicted octanol–water partition coefficient (Wildman–Crippen LogP) is 3.83. The lowest BCUT2D eigenvalue weighted by atomic mass is 10.1. The smallest absolute Gasteiger partial charge is 0.421 e. The summed E-state index contributed by atoms with van der Waals surface area (Å²) in [6.45, 7) is 3.51. The molecule has 1 aliphatic heterocycles. The van der Waals surface area contributed by atoms with Crippen molar-refractivity contribution in [2.45, 2.75) is 63.8 Å². The van der Waals surface area contributed by atoms with Gasteiger partial charge >= 0.3 is 6.18 Å². The maximum atomic E-state index is 14.4. The number of hydrogen-bond donors (Lipinski definition) is 1. The van der Waals surface area contributed by atoms with Crippen molar-refractivity contribution in [3.63, 3.8) is 0 Å². The number of methoxy groups -OCH3 is 1. The lowest BCUT2D eigenvalue weighted by molar-refractivity contribution is -0.175. The molecule has 0 aliphatic carbocycles. The van der Waals surface area contributed by atoms with E-state index in [0.29, 0.717) is 22.1 Å². The van der Waals surface area contributed by atoms with Crippen LogP contribution in [0.3, 0.4) is 0 Å². The van der Waals surface area contributed by atoms with Crippen LogP contribution in [-0.4, -0.2) is 57.8 Å². The fourth-order valence-electron chi connectivity index (χ4n) is 3.95. The molecular formula is C23H28F5N3O4. The number of halogens is 5. The van der Waals surface area contributed by atoms with Gasteiger partial charge in [-0.05, 0) is 44.5 Å². The van der Waals surface area contributed by atoms with Crippen molar-refractivity contribution in [2.75, 3.05) is 20.2 Å². The van der Waals surface area contributed by atoms with Gasteiger partial charge in [0.2, 0.25) is 0 Å². The molecule has 2 heterocycles. The fourth-order valence-corrected chi connectivity index (χ4v) is 3.95. The Kier molecular flexibility index (Phi) is 7.59. The van der Waals surface area contributed by atoms with Crippen LogP contribution in [0.25, 0.3) is 0 Å². The summed E-state index contributed by atoms with van der Waals surface area (Å²) in [5, 5.41) is 14.3. The third kappa shape index (κ3) is 6.98. The summed E-state index contributed by atoms with van der Waals surface area (Å²) in [6, 6.07) is 5.51. The van der Waals surface area contributed by atoms with Gasteiger partial charge in [0.1, 0.15) is 11.3 Å². The number of benzene rings is 1. The van der Waals surface area contributed by atoms with Gasteiger partial charge < -0.3 is 14.6 Å². The zero-order valence-corrected chi connectivity index (χ0v) is 19.8. The molecule has 0 radical (unpaired) electrons. The van der Waals surface area contributed by atoms with Crippen LogP contribution in [0.5, 0.6) is 5.75 Å². The molecule has 12 heteroatoms. The summed E-state index contributed by atoms with van der Waals surface area (Å²) in [4.78, 5) is 13.7. The van der Waals surface area contributed by atoms with Gasteiger partial charge in [0.15, 0.2) is 6.29 Å². The van der Waals surface area contributed by atoms with Crippen LogP contribution in [0.1, 0.15) is 50.1 Å². The monoisotopic (exact) mass is 505 g/mol. The average Bonchev–Trinajstić information content (AvgIpc) is 3.01. The van der Waals surface area contributed by atoms with Crippen LogP contribution in [0.2, 0.25) is 0 Å². The number of likely N-dealkylation sites (tertiary alicyclic amines) is 1. The van der Waals surface area contributed by atoms with E-state index >= 15 is 0 Å². The summed E-state index contributed by atoms with van der Waals surface area (Å²) in [5.41, 5.74) is -3.54. The molecule has 2 aromatic rings. The third-order valence-corrected chi connectivity index (χ3v) is 5.38. The van der Waals surface area contributed by atoms with Crippen LogP contribution in [0, 0.1) is 0 Å². The highest BCUT2D eigenvalue weighted by Crippen LogP contribution is 2.41. The molecule has 1 fully saturated rings. The molecule has 0 saturated carbocycles. The van der Waals surface area contributed by atoms with E-state index in [9.17, 15) is 31.9 Å². The highest BCUT2D eigenvalue weighted by molar-refractivity contribution is 5.28. The molecule has 1 aromatic carbocycles. The van der Waals surface area contributed by atoms with Gasteiger partial charge in [-0.25, -0.2) is 13.5 Å². The van der Waals surface area contributed by atoms with Crippen LogP contribution in [0.15, 0.2) is 35.1 Å². The minimum absolute atomic E-state index is 0.307. The van der Waals surface area contributed by atoms with Crippen LogP contribution >= 0.6 is 0 Å². The quantitative estimate of drug-likeness (QED) is 0.455. The number of aromatic nitrogens is 2. The van der Waals surface area contributed by atoms with Crippen molar-refractivity contribution >= 4 is 0 Å². The fraction of sp³-hybridized carbons (Fsp3) is 0.565. The molecule has 1 unspecified atom stereocenters. The SMILES string of the molecule is COc1ccc(Cn2nc([C@H]3CC(F)(F)CN3CC(O)OC(C)(C)C)cc(C(F)(F)F)c2=O)cc1. The molecule has 35 heavy (non-hydrogen) atoms. The van der Waals surface area contributed by atoms with Crippen molar-refractivity contribution in [3.05, 3.63) is 57.5 Å². The second kappa shape index (κ2) is 9.82.